The van der Waals surface area contributed by atoms with Gasteiger partial charge in [0, 0.05) is 5.92 Å². The maximum atomic E-state index is 13.7. The minimum absolute atomic E-state index is 0.390. The van der Waals surface area contributed by atoms with Crippen molar-refractivity contribution < 1.29 is 35.9 Å². The molecule has 202 valence electrons. The van der Waals surface area contributed by atoms with Gasteiger partial charge in [0.2, 0.25) is 5.91 Å². The highest BCUT2D eigenvalue weighted by Crippen LogP contribution is 2.31. The molecule has 0 radical (unpaired) electrons. The first kappa shape index (κ1) is 28.6. The van der Waals surface area contributed by atoms with Gasteiger partial charge in [0.1, 0.15) is 18.7 Å². The number of ether oxygens (including phenoxy) is 1. The van der Waals surface area contributed by atoms with Crippen LogP contribution in [-0.2, 0) is 30.5 Å². The van der Waals surface area contributed by atoms with Crippen LogP contribution >= 0.6 is 0 Å². The summed E-state index contributed by atoms with van der Waals surface area (Å²) in [6, 6.07) is 9.35. The van der Waals surface area contributed by atoms with E-state index in [2.05, 4.69) is 4.83 Å². The quantitative estimate of drug-likeness (QED) is 0.367. The molecule has 37 heavy (non-hydrogen) atoms. The number of nitrogens with zero attached hydrogens (tertiary/aromatic N) is 1. The number of halogens is 3. The number of rotatable bonds is 9. The fraction of sp³-hybridized carbons (Fsp3) is 0.440. The van der Waals surface area contributed by atoms with Crippen molar-refractivity contribution in [2.45, 2.75) is 62.2 Å². The van der Waals surface area contributed by atoms with Gasteiger partial charge in [0.15, 0.2) is 0 Å². The lowest BCUT2D eigenvalue weighted by Gasteiger charge is -2.35. The molecule has 1 fully saturated rings. The standard InChI is InChI=1S/C25H30F3N3O5S/c1-17(29)24(33)36-16-22(18-8-4-2-5-9-18)31(23(32)19-10-6-3-7-11-19)30-37(34,35)21-14-12-20(13-15-21)25(26,27)28/h2,4-5,8-9,12-15,17,19,22,30H,3,6-7,10-11,16,29H2,1H3/t17?,22-/m1/s1. The number of esters is 1. The Kier molecular flexibility index (Phi) is 9.32. The van der Waals surface area contributed by atoms with Crippen LogP contribution in [0.25, 0.3) is 0 Å². The van der Waals surface area contributed by atoms with E-state index in [0.717, 1.165) is 36.4 Å². The minimum atomic E-state index is -4.64. The smallest absolute Gasteiger partial charge is 0.416 e. The molecule has 3 rings (SSSR count). The van der Waals surface area contributed by atoms with Gasteiger partial charge >= 0.3 is 12.1 Å². The van der Waals surface area contributed by atoms with Crippen molar-refractivity contribution in [1.29, 1.82) is 0 Å². The van der Waals surface area contributed by atoms with Crippen LogP contribution in [0.2, 0.25) is 0 Å². The summed E-state index contributed by atoms with van der Waals surface area (Å²) in [5.74, 6) is -1.73. The molecule has 1 unspecified atom stereocenters. The van der Waals surface area contributed by atoms with Crippen molar-refractivity contribution in [3.63, 3.8) is 0 Å². The van der Waals surface area contributed by atoms with Crippen LogP contribution in [-0.4, -0.2) is 38.0 Å². The summed E-state index contributed by atoms with van der Waals surface area (Å²) in [5, 5.41) is 0.923. The van der Waals surface area contributed by atoms with Crippen LogP contribution in [0.4, 0.5) is 13.2 Å². The number of carbonyl (C=O) groups excluding carboxylic acids is 2. The molecule has 0 aromatic heterocycles. The van der Waals surface area contributed by atoms with Crippen LogP contribution in [0.3, 0.4) is 0 Å². The highest BCUT2D eigenvalue weighted by Gasteiger charge is 2.36. The molecule has 0 aliphatic heterocycles. The van der Waals surface area contributed by atoms with E-state index in [1.807, 2.05) is 0 Å². The Hall–Kier alpha value is -2.96. The molecule has 1 aliphatic carbocycles. The predicted molar refractivity (Wildman–Crippen MR) is 129 cm³/mol. The van der Waals surface area contributed by atoms with E-state index < -0.39 is 63.1 Å². The number of benzene rings is 2. The largest absolute Gasteiger partial charge is 0.462 e. The second-order valence-electron chi connectivity index (χ2n) is 9.01. The summed E-state index contributed by atoms with van der Waals surface area (Å²) in [6.45, 7) is 1.04. The fourth-order valence-electron chi connectivity index (χ4n) is 4.10. The zero-order valence-corrected chi connectivity index (χ0v) is 21.1. The number of hydrogen-bond donors (Lipinski definition) is 2. The number of nitrogens with two attached hydrogens (primary N) is 1. The summed E-state index contributed by atoms with van der Waals surface area (Å²) in [7, 11) is -4.49. The second kappa shape index (κ2) is 12.1. The van der Waals surface area contributed by atoms with Crippen molar-refractivity contribution in [2.75, 3.05) is 6.61 Å². The maximum absolute atomic E-state index is 13.7. The van der Waals surface area contributed by atoms with Gasteiger partial charge in [0.05, 0.1) is 10.5 Å². The molecular weight excluding hydrogens is 511 g/mol. The molecule has 2 atom stereocenters. The fourth-order valence-corrected chi connectivity index (χ4v) is 5.18. The van der Waals surface area contributed by atoms with Crippen LogP contribution in [0.5, 0.6) is 0 Å². The van der Waals surface area contributed by atoms with E-state index in [1.54, 1.807) is 30.3 Å². The summed E-state index contributed by atoms with van der Waals surface area (Å²) in [5.41, 5.74) is 5.07. The molecule has 12 heteroatoms. The molecule has 0 spiro atoms. The second-order valence-corrected chi connectivity index (χ2v) is 10.7. The van der Waals surface area contributed by atoms with Crippen LogP contribution in [0.15, 0.2) is 59.5 Å². The van der Waals surface area contributed by atoms with Gasteiger partial charge < -0.3 is 10.5 Å². The highest BCUT2D eigenvalue weighted by atomic mass is 32.2. The first-order valence-electron chi connectivity index (χ1n) is 11.9. The average Bonchev–Trinajstić information content (AvgIpc) is 2.88. The number of carbonyl (C=O) groups is 2. The SMILES string of the molecule is CC(N)C(=O)OC[C@H](c1ccccc1)N(NS(=O)(=O)c1ccc(C(F)(F)F)cc1)C(=O)C1CCCCC1. The molecule has 2 aromatic rings. The number of amides is 1. The summed E-state index contributed by atoms with van der Waals surface area (Å²) >= 11 is 0. The third-order valence-corrected chi connectivity index (χ3v) is 7.48. The Labute approximate surface area is 214 Å². The molecule has 1 aliphatic rings. The molecule has 1 amide bonds. The number of sulfonamides is 1. The molecule has 8 nitrogen and oxygen atoms in total. The molecule has 3 N–H and O–H groups in total. The van der Waals surface area contributed by atoms with Crippen molar-refractivity contribution in [3.8, 4) is 0 Å². The normalized spacial score (nSPS) is 16.6. The van der Waals surface area contributed by atoms with Gasteiger partial charge in [-0.3, -0.25) is 14.6 Å². The van der Waals surface area contributed by atoms with Gasteiger partial charge in [-0.05, 0) is 49.6 Å². The Morgan fingerprint density at radius 3 is 2.19 bits per heavy atom. The Morgan fingerprint density at radius 2 is 1.65 bits per heavy atom. The van der Waals surface area contributed by atoms with Crippen LogP contribution in [0.1, 0.15) is 56.2 Å². The number of hydrazine groups is 1. The van der Waals surface area contributed by atoms with E-state index in [1.165, 1.54) is 6.92 Å². The molecule has 2 aromatic carbocycles. The summed E-state index contributed by atoms with van der Waals surface area (Å²) in [6.07, 6.45) is -0.982. The molecule has 0 bridgehead atoms. The topological polar surface area (TPSA) is 119 Å². The first-order valence-corrected chi connectivity index (χ1v) is 13.4. The zero-order valence-electron chi connectivity index (χ0n) is 20.3. The van der Waals surface area contributed by atoms with Gasteiger partial charge in [-0.15, -0.1) is 4.83 Å². The molecule has 1 saturated carbocycles. The molecular formula is C25H30F3N3O5S. The lowest BCUT2D eigenvalue weighted by atomic mass is 9.88. The maximum Gasteiger partial charge on any atom is 0.416 e. The number of alkyl halides is 3. The number of hydrogen-bond acceptors (Lipinski definition) is 6. The third kappa shape index (κ3) is 7.53. The van der Waals surface area contributed by atoms with E-state index >= 15 is 0 Å². The summed E-state index contributed by atoms with van der Waals surface area (Å²) in [4.78, 5) is 27.6. The predicted octanol–water partition coefficient (Wildman–Crippen LogP) is 3.94. The van der Waals surface area contributed by atoms with Crippen LogP contribution < -0.4 is 10.6 Å². The average molecular weight is 542 g/mol. The molecule has 0 heterocycles. The van der Waals surface area contributed by atoms with Gasteiger partial charge in [-0.1, -0.05) is 49.6 Å². The van der Waals surface area contributed by atoms with Crippen molar-refractivity contribution in [3.05, 3.63) is 65.7 Å². The lowest BCUT2D eigenvalue weighted by Crippen LogP contribution is -2.52. The molecule has 0 saturated heterocycles. The lowest BCUT2D eigenvalue weighted by molar-refractivity contribution is -0.152. The Balaban J connectivity index is 2.00. The van der Waals surface area contributed by atoms with Crippen molar-refractivity contribution >= 4 is 21.9 Å². The Bertz CT molecular complexity index is 1170. The van der Waals surface area contributed by atoms with E-state index in [-0.39, 0.29) is 0 Å². The van der Waals surface area contributed by atoms with E-state index in [9.17, 15) is 31.2 Å². The van der Waals surface area contributed by atoms with E-state index in [0.29, 0.717) is 30.5 Å². The number of nitrogens with one attached hydrogen (secondary N) is 1. The van der Waals surface area contributed by atoms with Crippen LogP contribution in [0, 0.1) is 5.92 Å². The van der Waals surface area contributed by atoms with Crippen molar-refractivity contribution in [1.82, 2.24) is 9.84 Å². The monoisotopic (exact) mass is 541 g/mol. The van der Waals surface area contributed by atoms with Crippen molar-refractivity contribution in [2.24, 2.45) is 11.7 Å². The highest BCUT2D eigenvalue weighted by molar-refractivity contribution is 7.89. The third-order valence-electron chi connectivity index (χ3n) is 6.15. The van der Waals surface area contributed by atoms with Gasteiger partial charge in [-0.25, -0.2) is 8.42 Å². The first-order chi connectivity index (χ1) is 17.4. The minimum Gasteiger partial charge on any atom is -0.462 e. The summed E-state index contributed by atoms with van der Waals surface area (Å²) < 4.78 is 70.7. The van der Waals surface area contributed by atoms with Gasteiger partial charge in [-0.2, -0.15) is 13.2 Å². The van der Waals surface area contributed by atoms with E-state index in [4.69, 9.17) is 10.5 Å². The Morgan fingerprint density at radius 1 is 1.05 bits per heavy atom. The zero-order chi connectivity index (χ0) is 27.2. The van der Waals surface area contributed by atoms with Gasteiger partial charge in [0.25, 0.3) is 10.0 Å².